The summed E-state index contributed by atoms with van der Waals surface area (Å²) in [5.41, 5.74) is -0.544. The molecular weight excluding hydrogens is 298 g/mol. The number of rotatable bonds is 4. The topological polar surface area (TPSA) is 57.4 Å². The molecule has 0 aromatic heterocycles. The number of nitrogens with zero attached hydrogens (tertiary/aromatic N) is 1. The summed E-state index contributed by atoms with van der Waals surface area (Å²) >= 11 is 0. The Morgan fingerprint density at radius 3 is 2.55 bits per heavy atom. The molecule has 0 amide bonds. The van der Waals surface area contributed by atoms with Crippen molar-refractivity contribution in [3.05, 3.63) is 29.8 Å². The minimum absolute atomic E-state index is 0.0532. The molecule has 1 saturated heterocycles. The summed E-state index contributed by atoms with van der Waals surface area (Å²) in [6.07, 6.45) is 4.17. The molecule has 1 aromatic carbocycles. The van der Waals surface area contributed by atoms with Gasteiger partial charge in [0.25, 0.3) is 0 Å². The fraction of sp³-hybridized carbons (Fsp3) is 0.647. The second-order valence-electron chi connectivity index (χ2n) is 6.93. The van der Waals surface area contributed by atoms with E-state index in [4.69, 9.17) is 0 Å². The van der Waals surface area contributed by atoms with Gasteiger partial charge in [-0.3, -0.25) is 0 Å². The van der Waals surface area contributed by atoms with Crippen LogP contribution in [0.25, 0.3) is 0 Å². The van der Waals surface area contributed by atoms with E-state index in [9.17, 15) is 13.5 Å². The zero-order valence-corrected chi connectivity index (χ0v) is 14.4. The highest BCUT2D eigenvalue weighted by Crippen LogP contribution is 2.60. The van der Waals surface area contributed by atoms with Crippen molar-refractivity contribution < 1.29 is 13.5 Å². The van der Waals surface area contributed by atoms with Gasteiger partial charge in [0.1, 0.15) is 0 Å². The third-order valence-electron chi connectivity index (χ3n) is 5.64. The molecule has 0 radical (unpaired) electrons. The van der Waals surface area contributed by atoms with Crippen LogP contribution in [-0.4, -0.2) is 35.0 Å². The first-order valence-corrected chi connectivity index (χ1v) is 9.55. The summed E-state index contributed by atoms with van der Waals surface area (Å²) in [6, 6.07) is 6.93. The van der Waals surface area contributed by atoms with Crippen LogP contribution in [0, 0.1) is 6.92 Å². The van der Waals surface area contributed by atoms with Crippen LogP contribution >= 0.6 is 0 Å². The standard InChI is InChI=1S/C17H25NO3S/c1-4-16(3,19)17-12-6-5-7-15(17)18(17)22(20,21)14-10-8-13(2)9-11-14/h8-11,15,19H,4-7,12H2,1-3H3/t15-,16+,17+,18?/m0/s1. The van der Waals surface area contributed by atoms with E-state index in [0.717, 1.165) is 31.2 Å². The van der Waals surface area contributed by atoms with Crippen LogP contribution in [-0.2, 0) is 10.0 Å². The van der Waals surface area contributed by atoms with E-state index in [-0.39, 0.29) is 6.04 Å². The van der Waals surface area contributed by atoms with Crippen molar-refractivity contribution in [3.63, 3.8) is 0 Å². The molecule has 4 atom stereocenters. The van der Waals surface area contributed by atoms with Gasteiger partial charge >= 0.3 is 0 Å². The lowest BCUT2D eigenvalue weighted by Crippen LogP contribution is -2.47. The van der Waals surface area contributed by atoms with Crippen molar-refractivity contribution in [1.82, 2.24) is 4.31 Å². The van der Waals surface area contributed by atoms with Crippen LogP contribution in [0.5, 0.6) is 0 Å². The third-order valence-corrected chi connectivity index (χ3v) is 7.61. The van der Waals surface area contributed by atoms with Crippen LogP contribution < -0.4 is 0 Å². The lowest BCUT2D eigenvalue weighted by Gasteiger charge is -2.35. The molecule has 3 rings (SSSR count). The molecule has 2 aliphatic rings. The van der Waals surface area contributed by atoms with E-state index in [0.29, 0.717) is 11.3 Å². The van der Waals surface area contributed by atoms with Crippen molar-refractivity contribution >= 4 is 10.0 Å². The molecule has 1 heterocycles. The number of hydrogen-bond donors (Lipinski definition) is 1. The lowest BCUT2D eigenvalue weighted by atomic mass is 9.76. The highest BCUT2D eigenvalue weighted by molar-refractivity contribution is 7.89. The normalized spacial score (nSPS) is 33.8. The Bertz CT molecular complexity index is 666. The predicted octanol–water partition coefficient (Wildman–Crippen LogP) is 2.84. The van der Waals surface area contributed by atoms with Gasteiger partial charge in [0, 0.05) is 6.04 Å². The van der Waals surface area contributed by atoms with Gasteiger partial charge in [0.05, 0.1) is 16.0 Å². The van der Waals surface area contributed by atoms with Gasteiger partial charge in [0.2, 0.25) is 10.0 Å². The predicted molar refractivity (Wildman–Crippen MR) is 86.1 cm³/mol. The van der Waals surface area contributed by atoms with Gasteiger partial charge in [-0.05, 0) is 45.2 Å². The van der Waals surface area contributed by atoms with Crippen LogP contribution in [0.15, 0.2) is 29.2 Å². The summed E-state index contributed by atoms with van der Waals surface area (Å²) in [7, 11) is -3.54. The molecule has 0 spiro atoms. The van der Waals surface area contributed by atoms with Crippen molar-refractivity contribution in [2.45, 2.75) is 75.0 Å². The highest BCUT2D eigenvalue weighted by Gasteiger charge is 2.75. The van der Waals surface area contributed by atoms with Gasteiger partial charge < -0.3 is 5.11 Å². The van der Waals surface area contributed by atoms with E-state index in [1.807, 2.05) is 26.0 Å². The SMILES string of the molecule is CC[C@@](C)(O)[C@@]12CCCC[C@@H]1N2S(=O)(=O)c1ccc(C)cc1. The number of benzene rings is 1. The lowest BCUT2D eigenvalue weighted by molar-refractivity contribution is -0.00438. The molecule has 1 N–H and O–H groups in total. The summed E-state index contributed by atoms with van der Waals surface area (Å²) in [4.78, 5) is 0.332. The molecule has 4 nitrogen and oxygen atoms in total. The summed E-state index contributed by atoms with van der Waals surface area (Å²) in [5.74, 6) is 0. The van der Waals surface area contributed by atoms with E-state index >= 15 is 0 Å². The quantitative estimate of drug-likeness (QED) is 0.867. The molecule has 2 fully saturated rings. The van der Waals surface area contributed by atoms with Crippen molar-refractivity contribution in [2.24, 2.45) is 0 Å². The van der Waals surface area contributed by atoms with Crippen LogP contribution in [0.3, 0.4) is 0 Å². The third kappa shape index (κ3) is 2.06. The maximum absolute atomic E-state index is 13.1. The van der Waals surface area contributed by atoms with Crippen LogP contribution in [0.4, 0.5) is 0 Å². The molecule has 1 unspecified atom stereocenters. The molecule has 1 aliphatic heterocycles. The van der Waals surface area contributed by atoms with E-state index in [1.54, 1.807) is 23.4 Å². The summed E-state index contributed by atoms with van der Waals surface area (Å²) < 4.78 is 27.7. The fourth-order valence-electron chi connectivity index (χ4n) is 4.11. The Kier molecular flexibility index (Phi) is 3.66. The molecule has 5 heteroatoms. The number of aliphatic hydroxyl groups is 1. The summed E-state index contributed by atoms with van der Waals surface area (Å²) in [5, 5.41) is 10.9. The second kappa shape index (κ2) is 5.05. The van der Waals surface area contributed by atoms with E-state index in [2.05, 4.69) is 0 Å². The first-order valence-electron chi connectivity index (χ1n) is 8.11. The average molecular weight is 323 g/mol. The maximum Gasteiger partial charge on any atom is 0.244 e. The Labute approximate surface area is 133 Å². The summed E-state index contributed by atoms with van der Waals surface area (Å²) in [6.45, 7) is 5.66. The smallest absolute Gasteiger partial charge is 0.244 e. The van der Waals surface area contributed by atoms with Crippen molar-refractivity contribution in [1.29, 1.82) is 0 Å². The molecule has 0 bridgehead atoms. The van der Waals surface area contributed by atoms with E-state index < -0.39 is 21.2 Å². The monoisotopic (exact) mass is 323 g/mol. The van der Waals surface area contributed by atoms with Gasteiger partial charge in [-0.25, -0.2) is 8.42 Å². The number of fused-ring (bicyclic) bond motifs is 1. The van der Waals surface area contributed by atoms with Gasteiger partial charge in [0.15, 0.2) is 0 Å². The maximum atomic E-state index is 13.1. The number of hydrogen-bond acceptors (Lipinski definition) is 3. The van der Waals surface area contributed by atoms with Gasteiger partial charge in [-0.15, -0.1) is 0 Å². The zero-order chi connectivity index (χ0) is 16.2. The number of aryl methyl sites for hydroxylation is 1. The molecule has 122 valence electrons. The van der Waals surface area contributed by atoms with Gasteiger partial charge in [-0.1, -0.05) is 37.5 Å². The minimum Gasteiger partial charge on any atom is -0.388 e. The van der Waals surface area contributed by atoms with Crippen LogP contribution in [0.1, 0.15) is 51.5 Å². The first kappa shape index (κ1) is 16.0. The second-order valence-corrected chi connectivity index (χ2v) is 8.74. The van der Waals surface area contributed by atoms with Crippen molar-refractivity contribution in [2.75, 3.05) is 0 Å². The number of sulfonamides is 1. The average Bonchev–Trinajstić information content (AvgIpc) is 3.19. The molecule has 22 heavy (non-hydrogen) atoms. The highest BCUT2D eigenvalue weighted by atomic mass is 32.2. The molecule has 1 saturated carbocycles. The first-order chi connectivity index (χ1) is 10.3. The largest absolute Gasteiger partial charge is 0.388 e. The molecule has 1 aromatic rings. The Morgan fingerprint density at radius 2 is 1.95 bits per heavy atom. The minimum atomic E-state index is -3.54. The van der Waals surface area contributed by atoms with Crippen molar-refractivity contribution in [3.8, 4) is 0 Å². The Morgan fingerprint density at radius 1 is 1.32 bits per heavy atom. The Hall–Kier alpha value is -0.910. The molecule has 1 aliphatic carbocycles. The van der Waals surface area contributed by atoms with Crippen LogP contribution in [0.2, 0.25) is 0 Å². The van der Waals surface area contributed by atoms with E-state index in [1.165, 1.54) is 0 Å². The Balaban J connectivity index is 2.02. The molecular formula is C17H25NO3S. The fourth-order valence-corrected chi connectivity index (χ4v) is 6.22. The van der Waals surface area contributed by atoms with Gasteiger partial charge in [-0.2, -0.15) is 4.31 Å². The zero-order valence-electron chi connectivity index (χ0n) is 13.5.